The molecule has 9 heteroatoms. The molecule has 0 aliphatic heterocycles. The number of halogens is 3. The Labute approximate surface area is 170 Å². The van der Waals surface area contributed by atoms with Crippen molar-refractivity contribution in [1.29, 1.82) is 0 Å². The molecule has 3 rings (SSSR count). The normalized spacial score (nSPS) is 11.2. The third-order valence-electron chi connectivity index (χ3n) is 4.54. The first kappa shape index (κ1) is 21.1. The fraction of sp³-hybridized carbons (Fsp3) is 0.190. The molecule has 0 atom stereocenters. The molecule has 0 saturated carbocycles. The van der Waals surface area contributed by atoms with Crippen LogP contribution in [0, 0.1) is 6.92 Å². The molecule has 6 nitrogen and oxygen atoms in total. The zero-order valence-electron chi connectivity index (χ0n) is 16.2. The van der Waals surface area contributed by atoms with Crippen LogP contribution in [0.1, 0.15) is 44.5 Å². The van der Waals surface area contributed by atoms with E-state index in [-0.39, 0.29) is 11.3 Å². The van der Waals surface area contributed by atoms with Crippen molar-refractivity contribution in [2.24, 2.45) is 0 Å². The summed E-state index contributed by atoms with van der Waals surface area (Å²) in [5.41, 5.74) is 4.27. The molecule has 0 saturated heterocycles. The number of hydrazine groups is 1. The second-order valence-corrected chi connectivity index (χ2v) is 6.56. The lowest BCUT2D eigenvalue weighted by atomic mass is 10.1. The molecule has 1 heterocycles. The Morgan fingerprint density at radius 3 is 2.23 bits per heavy atom. The largest absolute Gasteiger partial charge is 0.434 e. The lowest BCUT2D eigenvalue weighted by Gasteiger charge is -2.14. The summed E-state index contributed by atoms with van der Waals surface area (Å²) in [6.45, 7) is 3.60. The summed E-state index contributed by atoms with van der Waals surface area (Å²) in [6.07, 6.45) is -3.22. The molecule has 156 valence electrons. The second kappa shape index (κ2) is 8.40. The molecule has 2 N–H and O–H groups in total. The van der Waals surface area contributed by atoms with E-state index in [4.69, 9.17) is 0 Å². The number of aryl methyl sites for hydroxylation is 2. The van der Waals surface area contributed by atoms with Crippen molar-refractivity contribution in [3.05, 3.63) is 82.7 Å². The highest BCUT2D eigenvalue weighted by Crippen LogP contribution is 2.34. The van der Waals surface area contributed by atoms with Crippen LogP contribution in [-0.2, 0) is 12.6 Å². The Hall–Kier alpha value is -3.62. The van der Waals surface area contributed by atoms with Gasteiger partial charge in [0.2, 0.25) is 0 Å². The van der Waals surface area contributed by atoms with Gasteiger partial charge in [-0.2, -0.15) is 18.3 Å². The lowest BCUT2D eigenvalue weighted by molar-refractivity contribution is -0.143. The minimum atomic E-state index is -4.84. The Balaban J connectivity index is 1.83. The molecule has 0 unspecified atom stereocenters. The van der Waals surface area contributed by atoms with Crippen molar-refractivity contribution in [2.45, 2.75) is 26.4 Å². The number of nitrogens with one attached hydrogen (secondary N) is 2. The molecule has 3 aromatic rings. The van der Waals surface area contributed by atoms with Crippen LogP contribution in [0.15, 0.2) is 54.7 Å². The standard InChI is InChI=1S/C21H19F3N4O2/c1-3-14-8-10-15(11-9-14)19(29)26-27-20(30)16-12-25-28(18(16)21(22,23)24)17-7-5-4-6-13(17)2/h4-12H,3H2,1-2H3,(H,26,29)(H,27,30). The van der Waals surface area contributed by atoms with Gasteiger partial charge in [-0.25, -0.2) is 4.68 Å². The number of hydrogen-bond acceptors (Lipinski definition) is 3. The Morgan fingerprint density at radius 1 is 1.00 bits per heavy atom. The van der Waals surface area contributed by atoms with Crippen molar-refractivity contribution in [3.63, 3.8) is 0 Å². The van der Waals surface area contributed by atoms with E-state index >= 15 is 0 Å². The molecule has 30 heavy (non-hydrogen) atoms. The first-order valence-electron chi connectivity index (χ1n) is 9.13. The van der Waals surface area contributed by atoms with Crippen LogP contribution in [0.2, 0.25) is 0 Å². The molecule has 0 aliphatic carbocycles. The number of nitrogens with zero attached hydrogens (tertiary/aromatic N) is 2. The van der Waals surface area contributed by atoms with E-state index in [1.807, 2.05) is 12.3 Å². The minimum absolute atomic E-state index is 0.198. The van der Waals surface area contributed by atoms with Crippen LogP contribution in [0.3, 0.4) is 0 Å². The predicted octanol–water partition coefficient (Wildman–Crippen LogP) is 3.84. The fourth-order valence-corrected chi connectivity index (χ4v) is 2.92. The van der Waals surface area contributed by atoms with Crippen molar-refractivity contribution < 1.29 is 22.8 Å². The Kier molecular flexibility index (Phi) is 5.91. The number of benzene rings is 2. The van der Waals surface area contributed by atoms with Crippen LogP contribution in [0.5, 0.6) is 0 Å². The van der Waals surface area contributed by atoms with Crippen LogP contribution >= 0.6 is 0 Å². The molecule has 0 radical (unpaired) electrons. The zero-order valence-corrected chi connectivity index (χ0v) is 16.2. The highest BCUT2D eigenvalue weighted by atomic mass is 19.4. The van der Waals surface area contributed by atoms with Gasteiger partial charge in [0.1, 0.15) is 0 Å². The van der Waals surface area contributed by atoms with Gasteiger partial charge in [0.05, 0.1) is 17.4 Å². The average molecular weight is 416 g/mol. The van der Waals surface area contributed by atoms with Gasteiger partial charge < -0.3 is 0 Å². The number of para-hydroxylation sites is 1. The van der Waals surface area contributed by atoms with E-state index in [0.717, 1.165) is 18.2 Å². The van der Waals surface area contributed by atoms with Gasteiger partial charge in [-0.15, -0.1) is 0 Å². The van der Waals surface area contributed by atoms with Crippen molar-refractivity contribution in [1.82, 2.24) is 20.6 Å². The van der Waals surface area contributed by atoms with E-state index < -0.39 is 29.2 Å². The quantitative estimate of drug-likeness (QED) is 0.635. The van der Waals surface area contributed by atoms with Gasteiger partial charge in [-0.05, 0) is 42.7 Å². The molecule has 0 bridgehead atoms. The smallest absolute Gasteiger partial charge is 0.267 e. The summed E-state index contributed by atoms with van der Waals surface area (Å²) in [4.78, 5) is 24.6. The van der Waals surface area contributed by atoms with Gasteiger partial charge in [-0.1, -0.05) is 37.3 Å². The van der Waals surface area contributed by atoms with Gasteiger partial charge in [0.15, 0.2) is 5.69 Å². The predicted molar refractivity (Wildman–Crippen MR) is 104 cm³/mol. The number of amides is 2. The summed E-state index contributed by atoms with van der Waals surface area (Å²) in [5.74, 6) is -1.77. The highest BCUT2D eigenvalue weighted by Gasteiger charge is 2.40. The summed E-state index contributed by atoms with van der Waals surface area (Å²) in [7, 11) is 0. The summed E-state index contributed by atoms with van der Waals surface area (Å²) < 4.78 is 41.9. The molecular formula is C21H19F3N4O2. The molecule has 0 fully saturated rings. The summed E-state index contributed by atoms with van der Waals surface area (Å²) in [5, 5.41) is 3.76. The highest BCUT2D eigenvalue weighted by molar-refractivity contribution is 5.99. The molecule has 2 amide bonds. The zero-order chi connectivity index (χ0) is 21.9. The van der Waals surface area contributed by atoms with E-state index in [1.54, 1.807) is 49.4 Å². The van der Waals surface area contributed by atoms with Crippen molar-refractivity contribution in [3.8, 4) is 5.69 Å². The average Bonchev–Trinajstić information content (AvgIpc) is 3.18. The topological polar surface area (TPSA) is 76.0 Å². The van der Waals surface area contributed by atoms with E-state index in [9.17, 15) is 22.8 Å². The molecule has 2 aromatic carbocycles. The van der Waals surface area contributed by atoms with E-state index in [1.165, 1.54) is 6.07 Å². The monoisotopic (exact) mass is 416 g/mol. The van der Waals surface area contributed by atoms with E-state index in [0.29, 0.717) is 10.2 Å². The van der Waals surface area contributed by atoms with E-state index in [2.05, 4.69) is 10.5 Å². The molecule has 1 aromatic heterocycles. The van der Waals surface area contributed by atoms with Crippen LogP contribution in [-0.4, -0.2) is 21.6 Å². The number of aromatic nitrogens is 2. The van der Waals surface area contributed by atoms with Gasteiger partial charge >= 0.3 is 6.18 Å². The maximum Gasteiger partial charge on any atom is 0.434 e. The SMILES string of the molecule is CCc1ccc(C(=O)NNC(=O)c2cnn(-c3ccccc3C)c2C(F)(F)F)cc1. The lowest BCUT2D eigenvalue weighted by Crippen LogP contribution is -2.42. The van der Waals surface area contributed by atoms with Crippen LogP contribution in [0.4, 0.5) is 13.2 Å². The number of alkyl halides is 3. The van der Waals surface area contributed by atoms with Crippen molar-refractivity contribution >= 4 is 11.8 Å². The maximum atomic E-state index is 13.7. The molecule has 0 spiro atoms. The van der Waals surface area contributed by atoms with Crippen LogP contribution in [0.25, 0.3) is 5.69 Å². The Bertz CT molecular complexity index is 1070. The van der Waals surface area contributed by atoms with Crippen molar-refractivity contribution in [2.75, 3.05) is 0 Å². The molecular weight excluding hydrogens is 397 g/mol. The van der Waals surface area contributed by atoms with Gasteiger partial charge in [-0.3, -0.25) is 20.4 Å². The Morgan fingerprint density at radius 2 is 1.63 bits per heavy atom. The van der Waals surface area contributed by atoms with Gasteiger partial charge in [0, 0.05) is 5.56 Å². The first-order chi connectivity index (χ1) is 14.2. The molecule has 0 aliphatic rings. The third-order valence-corrected chi connectivity index (χ3v) is 4.54. The number of hydrogen-bond donors (Lipinski definition) is 2. The summed E-state index contributed by atoms with van der Waals surface area (Å²) in [6, 6.07) is 13.0. The number of rotatable bonds is 4. The summed E-state index contributed by atoms with van der Waals surface area (Å²) >= 11 is 0. The number of carbonyl (C=O) groups excluding carboxylic acids is 2. The third kappa shape index (κ3) is 4.35. The maximum absolute atomic E-state index is 13.7. The van der Waals surface area contributed by atoms with Gasteiger partial charge in [0.25, 0.3) is 11.8 Å². The second-order valence-electron chi connectivity index (χ2n) is 6.56. The number of carbonyl (C=O) groups is 2. The minimum Gasteiger partial charge on any atom is -0.267 e. The van der Waals surface area contributed by atoms with Crippen LogP contribution < -0.4 is 10.9 Å². The first-order valence-corrected chi connectivity index (χ1v) is 9.13. The fourth-order valence-electron chi connectivity index (χ4n) is 2.92.